The zero-order chi connectivity index (χ0) is 10.6. The van der Waals surface area contributed by atoms with Gasteiger partial charge in [0, 0.05) is 0 Å². The van der Waals surface area contributed by atoms with Gasteiger partial charge in [-0.3, -0.25) is 0 Å². The second-order valence-corrected chi connectivity index (χ2v) is 8.65. The van der Waals surface area contributed by atoms with Crippen molar-refractivity contribution in [2.45, 2.75) is 26.6 Å². The summed E-state index contributed by atoms with van der Waals surface area (Å²) >= 11 is 0. The van der Waals surface area contributed by atoms with Crippen LogP contribution >= 0.6 is 0 Å². The van der Waals surface area contributed by atoms with Crippen LogP contribution in [-0.4, -0.2) is 14.0 Å². The van der Waals surface area contributed by atoms with Crippen molar-refractivity contribution < 1.29 is 4.53 Å². The third kappa shape index (κ3) is 3.74. The Bertz CT molecular complexity index is 314. The second-order valence-electron chi connectivity index (χ2n) is 4.25. The molecule has 0 bridgehead atoms. The number of oxime groups is 1. The maximum absolute atomic E-state index is 5.47. The van der Waals surface area contributed by atoms with E-state index < -0.39 is 8.32 Å². The molecule has 3 heteroatoms. The molecule has 0 N–H and O–H groups in total. The van der Waals surface area contributed by atoms with E-state index in [4.69, 9.17) is 4.53 Å². The minimum Gasteiger partial charge on any atom is -0.455 e. The third-order valence-electron chi connectivity index (χ3n) is 1.65. The van der Waals surface area contributed by atoms with Crippen LogP contribution in [-0.2, 0) is 4.53 Å². The van der Waals surface area contributed by atoms with Crippen molar-refractivity contribution in [2.24, 2.45) is 5.16 Å². The highest BCUT2D eigenvalue weighted by atomic mass is 28.4. The molecule has 0 saturated heterocycles. The molecule has 14 heavy (non-hydrogen) atoms. The van der Waals surface area contributed by atoms with Gasteiger partial charge >= 0.3 is 0 Å². The van der Waals surface area contributed by atoms with Crippen molar-refractivity contribution in [1.82, 2.24) is 0 Å². The summed E-state index contributed by atoms with van der Waals surface area (Å²) in [5, 5.41) is 4.14. The molecule has 0 heterocycles. The van der Waals surface area contributed by atoms with Gasteiger partial charge in [0.2, 0.25) is 0 Å². The van der Waals surface area contributed by atoms with E-state index in [1.807, 2.05) is 37.3 Å². The van der Waals surface area contributed by atoms with Gasteiger partial charge in [-0.05, 0) is 32.1 Å². The summed E-state index contributed by atoms with van der Waals surface area (Å²) in [4.78, 5) is 0. The number of nitrogens with zero attached hydrogens (tertiary/aromatic N) is 1. The molecule has 1 rings (SSSR count). The quantitative estimate of drug-likeness (QED) is 0.423. The summed E-state index contributed by atoms with van der Waals surface area (Å²) in [5.74, 6) is 0. The summed E-state index contributed by atoms with van der Waals surface area (Å²) in [5.41, 5.74) is 2.05. The molecule has 0 fully saturated rings. The van der Waals surface area contributed by atoms with E-state index in [1.165, 1.54) is 0 Å². The summed E-state index contributed by atoms with van der Waals surface area (Å²) in [6.45, 7) is 8.33. The van der Waals surface area contributed by atoms with Gasteiger partial charge in [0.1, 0.15) is 0 Å². The number of hydrogen-bond acceptors (Lipinski definition) is 2. The van der Waals surface area contributed by atoms with Crippen LogP contribution in [0.4, 0.5) is 0 Å². The molecule has 0 aromatic heterocycles. The first-order valence-corrected chi connectivity index (χ1v) is 8.18. The maximum atomic E-state index is 5.47. The zero-order valence-electron chi connectivity index (χ0n) is 9.24. The minimum atomic E-state index is -1.54. The second kappa shape index (κ2) is 4.42. The summed E-state index contributed by atoms with van der Waals surface area (Å²) in [6.07, 6.45) is 0. The summed E-state index contributed by atoms with van der Waals surface area (Å²) in [6, 6.07) is 10.1. The third-order valence-corrected chi connectivity index (χ3v) is 2.29. The van der Waals surface area contributed by atoms with E-state index in [1.54, 1.807) is 0 Å². The van der Waals surface area contributed by atoms with E-state index in [2.05, 4.69) is 24.8 Å². The highest BCUT2D eigenvalue weighted by molar-refractivity contribution is 6.69. The molecule has 0 aliphatic heterocycles. The van der Waals surface area contributed by atoms with E-state index in [0.717, 1.165) is 11.3 Å². The average Bonchev–Trinajstić information content (AvgIpc) is 2.14. The standard InChI is InChI=1S/C11H17NOSi/c1-10(12-13-14(2,3)4)11-8-6-5-7-9-11/h5-9H,1-4H3. The lowest BCUT2D eigenvalue weighted by molar-refractivity contribution is 0.335. The highest BCUT2D eigenvalue weighted by Crippen LogP contribution is 2.06. The summed E-state index contributed by atoms with van der Waals surface area (Å²) in [7, 11) is -1.54. The molecule has 2 nitrogen and oxygen atoms in total. The number of hydrogen-bond donors (Lipinski definition) is 0. The van der Waals surface area contributed by atoms with Crippen LogP contribution in [0.3, 0.4) is 0 Å². The van der Waals surface area contributed by atoms with Crippen LogP contribution in [0.5, 0.6) is 0 Å². The van der Waals surface area contributed by atoms with Crippen LogP contribution in [0, 0.1) is 0 Å². The molecule has 0 spiro atoms. The van der Waals surface area contributed by atoms with E-state index in [-0.39, 0.29) is 0 Å². The molecule has 0 amide bonds. The van der Waals surface area contributed by atoms with Crippen LogP contribution in [0.15, 0.2) is 35.5 Å². The number of benzene rings is 1. The first kappa shape index (κ1) is 11.0. The SMILES string of the molecule is CC(=NO[Si](C)(C)C)c1ccccc1. The van der Waals surface area contributed by atoms with Gasteiger partial charge in [-0.15, -0.1) is 5.16 Å². The van der Waals surface area contributed by atoms with Gasteiger partial charge in [0.25, 0.3) is 8.32 Å². The largest absolute Gasteiger partial charge is 0.455 e. The van der Waals surface area contributed by atoms with Crippen molar-refractivity contribution in [3.8, 4) is 0 Å². The van der Waals surface area contributed by atoms with Gasteiger partial charge in [-0.25, -0.2) is 0 Å². The molecule has 0 radical (unpaired) electrons. The Hall–Kier alpha value is -1.09. The van der Waals surface area contributed by atoms with Crippen molar-refractivity contribution in [1.29, 1.82) is 0 Å². The van der Waals surface area contributed by atoms with Crippen LogP contribution in [0.25, 0.3) is 0 Å². The molecule has 0 aliphatic carbocycles. The topological polar surface area (TPSA) is 21.6 Å². The molecule has 0 unspecified atom stereocenters. The van der Waals surface area contributed by atoms with Crippen LogP contribution in [0.2, 0.25) is 19.6 Å². The normalized spacial score (nSPS) is 12.7. The Morgan fingerprint density at radius 3 is 2.21 bits per heavy atom. The van der Waals surface area contributed by atoms with Gasteiger partial charge in [0.15, 0.2) is 0 Å². The van der Waals surface area contributed by atoms with Crippen molar-refractivity contribution in [2.75, 3.05) is 0 Å². The van der Waals surface area contributed by atoms with Gasteiger partial charge in [0.05, 0.1) is 5.71 Å². The lowest BCUT2D eigenvalue weighted by atomic mass is 10.1. The Morgan fingerprint density at radius 2 is 1.71 bits per heavy atom. The Balaban J connectivity index is 2.71. The Morgan fingerprint density at radius 1 is 1.14 bits per heavy atom. The molecule has 1 aromatic rings. The monoisotopic (exact) mass is 207 g/mol. The molecular weight excluding hydrogens is 190 g/mol. The first-order valence-electron chi connectivity index (χ1n) is 4.77. The zero-order valence-corrected chi connectivity index (χ0v) is 10.2. The fraction of sp³-hybridized carbons (Fsp3) is 0.364. The highest BCUT2D eigenvalue weighted by Gasteiger charge is 2.15. The molecular formula is C11H17NOSi. The molecule has 76 valence electrons. The number of rotatable bonds is 3. The molecule has 0 aliphatic rings. The molecule has 0 atom stereocenters. The fourth-order valence-electron chi connectivity index (χ4n) is 0.937. The van der Waals surface area contributed by atoms with Gasteiger partial charge in [-0.1, -0.05) is 30.3 Å². The summed E-state index contributed by atoms with van der Waals surface area (Å²) < 4.78 is 5.47. The van der Waals surface area contributed by atoms with Crippen LogP contribution in [0.1, 0.15) is 12.5 Å². The van der Waals surface area contributed by atoms with E-state index in [9.17, 15) is 0 Å². The van der Waals surface area contributed by atoms with E-state index in [0.29, 0.717) is 0 Å². The smallest absolute Gasteiger partial charge is 0.278 e. The predicted octanol–water partition coefficient (Wildman–Crippen LogP) is 3.26. The Kier molecular flexibility index (Phi) is 3.47. The fourth-order valence-corrected chi connectivity index (χ4v) is 1.35. The lowest BCUT2D eigenvalue weighted by Gasteiger charge is -2.13. The van der Waals surface area contributed by atoms with Crippen molar-refractivity contribution in [3.05, 3.63) is 35.9 Å². The van der Waals surface area contributed by atoms with Gasteiger partial charge in [-0.2, -0.15) is 0 Å². The molecule has 1 aromatic carbocycles. The first-order chi connectivity index (χ1) is 6.49. The van der Waals surface area contributed by atoms with Gasteiger partial charge < -0.3 is 4.53 Å². The van der Waals surface area contributed by atoms with Crippen molar-refractivity contribution in [3.63, 3.8) is 0 Å². The Labute approximate surface area is 86.7 Å². The predicted molar refractivity (Wildman–Crippen MR) is 63.1 cm³/mol. The lowest BCUT2D eigenvalue weighted by Crippen LogP contribution is -2.22. The van der Waals surface area contributed by atoms with Crippen LogP contribution < -0.4 is 0 Å². The average molecular weight is 207 g/mol. The minimum absolute atomic E-state index is 0.938. The maximum Gasteiger partial charge on any atom is 0.278 e. The van der Waals surface area contributed by atoms with Crippen molar-refractivity contribution >= 4 is 14.0 Å². The van der Waals surface area contributed by atoms with E-state index >= 15 is 0 Å². The molecule has 0 saturated carbocycles.